The molecule has 2 N–H and O–H groups in total. The highest BCUT2D eigenvalue weighted by atomic mass is 16.4. The van der Waals surface area contributed by atoms with Crippen LogP contribution in [0.25, 0.3) is 0 Å². The summed E-state index contributed by atoms with van der Waals surface area (Å²) in [5.74, 6) is -0.916. The largest absolute Gasteiger partial charge is 0.481 e. The highest BCUT2D eigenvalue weighted by Gasteiger charge is 2.43. The number of aryl methyl sites for hydroxylation is 1. The lowest BCUT2D eigenvalue weighted by Crippen LogP contribution is -2.52. The Balaban J connectivity index is 2.00. The monoisotopic (exact) mass is 289 g/mol. The number of carboxylic acid groups (broad SMARTS) is 1. The molecule has 2 rings (SSSR count). The second-order valence-electron chi connectivity index (χ2n) is 6.25. The zero-order valence-corrected chi connectivity index (χ0v) is 12.7. The number of hydrogen-bond acceptors (Lipinski definition) is 2. The van der Waals surface area contributed by atoms with Crippen LogP contribution in [-0.2, 0) is 16.0 Å². The average Bonchev–Trinajstić information content (AvgIpc) is 2.44. The van der Waals surface area contributed by atoms with Crippen LogP contribution >= 0.6 is 0 Å². The molecule has 1 aliphatic rings. The van der Waals surface area contributed by atoms with Crippen LogP contribution in [0.4, 0.5) is 0 Å². The number of amides is 1. The molecule has 114 valence electrons. The van der Waals surface area contributed by atoms with Crippen molar-refractivity contribution >= 4 is 11.9 Å². The Hall–Kier alpha value is -1.84. The van der Waals surface area contributed by atoms with E-state index in [0.29, 0.717) is 12.8 Å². The van der Waals surface area contributed by atoms with Crippen molar-refractivity contribution in [3.8, 4) is 0 Å². The molecule has 0 radical (unpaired) electrons. The van der Waals surface area contributed by atoms with Crippen molar-refractivity contribution in [3.63, 3.8) is 0 Å². The summed E-state index contributed by atoms with van der Waals surface area (Å²) in [6.07, 6.45) is 3.54. The van der Waals surface area contributed by atoms with E-state index in [4.69, 9.17) is 0 Å². The molecule has 1 aromatic carbocycles. The third kappa shape index (κ3) is 3.63. The minimum absolute atomic E-state index is 0.0989. The summed E-state index contributed by atoms with van der Waals surface area (Å²) < 4.78 is 0. The van der Waals surface area contributed by atoms with E-state index in [9.17, 15) is 14.7 Å². The Labute approximate surface area is 125 Å². The van der Waals surface area contributed by atoms with Gasteiger partial charge in [-0.15, -0.1) is 0 Å². The molecule has 2 unspecified atom stereocenters. The van der Waals surface area contributed by atoms with Crippen LogP contribution < -0.4 is 5.32 Å². The third-order valence-electron chi connectivity index (χ3n) is 4.52. The zero-order chi connectivity index (χ0) is 15.5. The van der Waals surface area contributed by atoms with Crippen LogP contribution in [0.3, 0.4) is 0 Å². The van der Waals surface area contributed by atoms with Crippen molar-refractivity contribution in [1.82, 2.24) is 5.32 Å². The fourth-order valence-electron chi connectivity index (χ4n) is 2.96. The summed E-state index contributed by atoms with van der Waals surface area (Å²) in [5.41, 5.74) is 1.26. The molecule has 4 heteroatoms. The van der Waals surface area contributed by atoms with E-state index in [1.54, 1.807) is 6.92 Å². The number of aliphatic carboxylic acids is 1. The van der Waals surface area contributed by atoms with Gasteiger partial charge in [-0.25, -0.2) is 0 Å². The molecular formula is C17H23NO3. The first-order chi connectivity index (χ1) is 9.91. The molecule has 1 saturated carbocycles. The molecule has 4 nitrogen and oxygen atoms in total. The Morgan fingerprint density at radius 2 is 1.95 bits per heavy atom. The van der Waals surface area contributed by atoms with Crippen LogP contribution in [0.2, 0.25) is 0 Å². The first-order valence-corrected chi connectivity index (χ1v) is 7.50. The van der Waals surface area contributed by atoms with E-state index in [2.05, 4.69) is 5.32 Å². The second-order valence-corrected chi connectivity index (χ2v) is 6.25. The van der Waals surface area contributed by atoms with Crippen LogP contribution in [0.1, 0.15) is 43.7 Å². The lowest BCUT2D eigenvalue weighted by Gasteiger charge is -2.38. The van der Waals surface area contributed by atoms with E-state index in [1.807, 2.05) is 31.2 Å². The first-order valence-electron chi connectivity index (χ1n) is 7.50. The lowest BCUT2D eigenvalue weighted by atomic mass is 9.71. The summed E-state index contributed by atoms with van der Waals surface area (Å²) in [4.78, 5) is 23.7. The first kappa shape index (κ1) is 15.5. The van der Waals surface area contributed by atoms with Gasteiger partial charge in [-0.3, -0.25) is 9.59 Å². The predicted octanol–water partition coefficient (Wildman–Crippen LogP) is 2.69. The smallest absolute Gasteiger partial charge is 0.311 e. The molecule has 1 amide bonds. The maximum absolute atomic E-state index is 12.2. The number of carbonyl (C=O) groups is 2. The molecule has 2 atom stereocenters. The van der Waals surface area contributed by atoms with Gasteiger partial charge in [0.2, 0.25) is 5.91 Å². The zero-order valence-electron chi connectivity index (χ0n) is 12.7. The maximum Gasteiger partial charge on any atom is 0.311 e. The summed E-state index contributed by atoms with van der Waals surface area (Å²) in [5, 5.41) is 12.4. The van der Waals surface area contributed by atoms with Gasteiger partial charge in [0.15, 0.2) is 0 Å². The molecule has 1 aromatic rings. The fraction of sp³-hybridized carbons (Fsp3) is 0.529. The summed E-state index contributed by atoms with van der Waals surface area (Å²) >= 11 is 0. The number of nitrogens with one attached hydrogen (secondary N) is 1. The number of benzene rings is 1. The van der Waals surface area contributed by atoms with Crippen LogP contribution in [0, 0.1) is 12.3 Å². The van der Waals surface area contributed by atoms with Crippen molar-refractivity contribution in [2.75, 3.05) is 0 Å². The molecule has 0 aliphatic heterocycles. The van der Waals surface area contributed by atoms with E-state index < -0.39 is 11.4 Å². The average molecular weight is 289 g/mol. The van der Waals surface area contributed by atoms with Crippen LogP contribution in [0.15, 0.2) is 24.3 Å². The van der Waals surface area contributed by atoms with Crippen molar-refractivity contribution in [3.05, 3.63) is 35.4 Å². The molecule has 0 aromatic heterocycles. The Morgan fingerprint density at radius 3 is 2.57 bits per heavy atom. The lowest BCUT2D eigenvalue weighted by molar-refractivity contribution is -0.152. The van der Waals surface area contributed by atoms with Crippen molar-refractivity contribution in [2.45, 2.75) is 52.0 Å². The molecule has 0 saturated heterocycles. The Morgan fingerprint density at radius 1 is 1.29 bits per heavy atom. The highest BCUT2D eigenvalue weighted by Crippen LogP contribution is 2.36. The molecule has 1 aliphatic carbocycles. The van der Waals surface area contributed by atoms with Crippen molar-refractivity contribution < 1.29 is 14.7 Å². The molecule has 0 heterocycles. The minimum atomic E-state index is -0.846. The second kappa shape index (κ2) is 6.29. The maximum atomic E-state index is 12.2. The highest BCUT2D eigenvalue weighted by molar-refractivity contribution is 5.81. The van der Waals surface area contributed by atoms with E-state index in [1.165, 1.54) is 0 Å². The van der Waals surface area contributed by atoms with Gasteiger partial charge in [-0.05, 0) is 32.3 Å². The molecule has 0 bridgehead atoms. The third-order valence-corrected chi connectivity index (χ3v) is 4.52. The van der Waals surface area contributed by atoms with Crippen molar-refractivity contribution in [1.29, 1.82) is 0 Å². The minimum Gasteiger partial charge on any atom is -0.481 e. The molecule has 21 heavy (non-hydrogen) atoms. The summed E-state index contributed by atoms with van der Waals surface area (Å²) in [6.45, 7) is 3.75. The molecular weight excluding hydrogens is 266 g/mol. The van der Waals surface area contributed by atoms with Gasteiger partial charge in [0.25, 0.3) is 0 Å². The normalized spacial score (nSPS) is 25.3. The number of rotatable bonds is 4. The predicted molar refractivity (Wildman–Crippen MR) is 81.0 cm³/mol. The standard InChI is InChI=1S/C17H23NO3/c1-12-6-8-13(9-7-12)11-15(19)18-14-5-3-4-10-17(14,2)16(20)21/h6-9,14H,3-5,10-11H2,1-2H3,(H,18,19)(H,20,21). The van der Waals surface area contributed by atoms with Gasteiger partial charge >= 0.3 is 5.97 Å². The molecule has 1 fully saturated rings. The van der Waals surface area contributed by atoms with Gasteiger partial charge in [0.05, 0.1) is 11.8 Å². The SMILES string of the molecule is Cc1ccc(CC(=O)NC2CCCCC2(C)C(=O)O)cc1. The Bertz CT molecular complexity index is 523. The van der Waals surface area contributed by atoms with E-state index in [-0.39, 0.29) is 11.9 Å². The van der Waals surface area contributed by atoms with Gasteiger partial charge in [-0.2, -0.15) is 0 Å². The van der Waals surface area contributed by atoms with Gasteiger partial charge in [0, 0.05) is 6.04 Å². The van der Waals surface area contributed by atoms with Crippen LogP contribution in [0.5, 0.6) is 0 Å². The number of hydrogen-bond donors (Lipinski definition) is 2. The summed E-state index contributed by atoms with van der Waals surface area (Å²) in [7, 11) is 0. The van der Waals surface area contributed by atoms with Gasteiger partial charge < -0.3 is 10.4 Å². The van der Waals surface area contributed by atoms with E-state index in [0.717, 1.165) is 30.4 Å². The summed E-state index contributed by atoms with van der Waals surface area (Å²) in [6, 6.07) is 7.55. The van der Waals surface area contributed by atoms with Crippen molar-refractivity contribution in [2.24, 2.45) is 5.41 Å². The topological polar surface area (TPSA) is 66.4 Å². The quantitative estimate of drug-likeness (QED) is 0.895. The number of carboxylic acids is 1. The van der Waals surface area contributed by atoms with Gasteiger partial charge in [-0.1, -0.05) is 42.7 Å². The van der Waals surface area contributed by atoms with Crippen LogP contribution in [-0.4, -0.2) is 23.0 Å². The van der Waals surface area contributed by atoms with Gasteiger partial charge in [0.1, 0.15) is 0 Å². The number of carbonyl (C=O) groups excluding carboxylic acids is 1. The fourth-order valence-corrected chi connectivity index (χ4v) is 2.96. The van der Waals surface area contributed by atoms with E-state index >= 15 is 0 Å². The Kier molecular flexibility index (Phi) is 4.66. The molecule has 0 spiro atoms.